The molecule has 0 fully saturated rings. The van der Waals surface area contributed by atoms with Crippen LogP contribution in [0.3, 0.4) is 0 Å². The summed E-state index contributed by atoms with van der Waals surface area (Å²) in [5, 5.41) is 0. The van der Waals surface area contributed by atoms with Gasteiger partial charge in [0.25, 0.3) is 0 Å². The number of para-hydroxylation sites is 1. The zero-order valence-corrected chi connectivity index (χ0v) is 14.4. The number of hydrogen-bond donors (Lipinski definition) is 0. The number of benzene rings is 2. The monoisotopic (exact) mass is 320 g/mol. The van der Waals surface area contributed by atoms with E-state index >= 15 is 0 Å². The first-order valence-electron chi connectivity index (χ1n) is 8.80. The molecule has 4 rings (SSSR count). The molecular formula is C22H24O2. The van der Waals surface area contributed by atoms with Gasteiger partial charge in [0.1, 0.15) is 12.2 Å². The molecule has 0 spiro atoms. The maximum atomic E-state index is 6.55. The van der Waals surface area contributed by atoms with Crippen molar-refractivity contribution in [2.45, 2.75) is 45.3 Å². The van der Waals surface area contributed by atoms with Crippen LogP contribution in [-0.4, -0.2) is 5.60 Å². The lowest BCUT2D eigenvalue weighted by Crippen LogP contribution is -2.47. The van der Waals surface area contributed by atoms with Gasteiger partial charge in [0.15, 0.2) is 11.5 Å². The van der Waals surface area contributed by atoms with Crippen molar-refractivity contribution in [1.82, 2.24) is 0 Å². The van der Waals surface area contributed by atoms with E-state index in [9.17, 15) is 0 Å². The van der Waals surface area contributed by atoms with Gasteiger partial charge in [-0.15, -0.1) is 0 Å². The molecule has 0 N–H and O–H groups in total. The smallest absolute Gasteiger partial charge is 0.165 e. The van der Waals surface area contributed by atoms with Gasteiger partial charge in [0.2, 0.25) is 0 Å². The third-order valence-electron chi connectivity index (χ3n) is 5.45. The molecule has 2 atom stereocenters. The zero-order chi connectivity index (χ0) is 16.6. The van der Waals surface area contributed by atoms with Crippen LogP contribution in [0.15, 0.2) is 60.2 Å². The number of rotatable bonds is 3. The Bertz CT molecular complexity index is 763. The molecule has 124 valence electrons. The molecule has 0 unspecified atom stereocenters. The first kappa shape index (κ1) is 15.3. The second-order valence-electron chi connectivity index (χ2n) is 7.18. The highest BCUT2D eigenvalue weighted by Gasteiger charge is 2.43. The molecule has 2 aromatic rings. The van der Waals surface area contributed by atoms with Crippen molar-refractivity contribution in [3.8, 4) is 11.5 Å². The summed E-state index contributed by atoms with van der Waals surface area (Å²) < 4.78 is 12.6. The van der Waals surface area contributed by atoms with Crippen molar-refractivity contribution in [3.63, 3.8) is 0 Å². The molecule has 0 bridgehead atoms. The first-order chi connectivity index (χ1) is 11.7. The minimum atomic E-state index is -0.113. The van der Waals surface area contributed by atoms with Crippen molar-refractivity contribution < 1.29 is 9.47 Å². The van der Waals surface area contributed by atoms with E-state index in [-0.39, 0.29) is 5.60 Å². The highest BCUT2D eigenvalue weighted by Crippen LogP contribution is 2.48. The Labute approximate surface area is 144 Å². The standard InChI is InChI=1S/C22H24O2/c1-16-8-7-13-22(2)19(16)14-18-11-6-12-20(21(18)24-22)23-15-17-9-4-3-5-10-17/h3-6,8-12,19H,7,13-15H2,1-2H3/t19-,22-/m0/s1. The van der Waals surface area contributed by atoms with Crippen LogP contribution in [0.25, 0.3) is 0 Å². The van der Waals surface area contributed by atoms with Crippen LogP contribution >= 0.6 is 0 Å². The Morgan fingerprint density at radius 2 is 1.96 bits per heavy atom. The fraction of sp³-hybridized carbons (Fsp3) is 0.364. The van der Waals surface area contributed by atoms with Crippen LogP contribution in [0.1, 0.15) is 37.8 Å². The number of allylic oxidation sites excluding steroid dienone is 1. The highest BCUT2D eigenvalue weighted by molar-refractivity contribution is 5.50. The Kier molecular flexibility index (Phi) is 3.84. The summed E-state index contributed by atoms with van der Waals surface area (Å²) in [4.78, 5) is 0. The maximum absolute atomic E-state index is 6.55. The molecule has 2 heteroatoms. The van der Waals surface area contributed by atoms with E-state index in [0.29, 0.717) is 12.5 Å². The fourth-order valence-electron chi connectivity index (χ4n) is 4.02. The Morgan fingerprint density at radius 3 is 2.79 bits per heavy atom. The van der Waals surface area contributed by atoms with Crippen LogP contribution in [0, 0.1) is 5.92 Å². The quantitative estimate of drug-likeness (QED) is 0.713. The molecule has 24 heavy (non-hydrogen) atoms. The van der Waals surface area contributed by atoms with Crippen LogP contribution in [0.2, 0.25) is 0 Å². The Morgan fingerprint density at radius 1 is 1.12 bits per heavy atom. The third kappa shape index (κ3) is 2.71. The molecule has 1 aliphatic carbocycles. The van der Waals surface area contributed by atoms with Crippen LogP contribution < -0.4 is 9.47 Å². The van der Waals surface area contributed by atoms with Gasteiger partial charge in [-0.1, -0.05) is 54.1 Å². The van der Waals surface area contributed by atoms with Crippen molar-refractivity contribution >= 4 is 0 Å². The average molecular weight is 320 g/mol. The summed E-state index contributed by atoms with van der Waals surface area (Å²) in [6, 6.07) is 16.6. The lowest BCUT2D eigenvalue weighted by atomic mass is 9.71. The van der Waals surface area contributed by atoms with Crippen molar-refractivity contribution in [2.24, 2.45) is 5.92 Å². The van der Waals surface area contributed by atoms with E-state index in [0.717, 1.165) is 30.8 Å². The minimum absolute atomic E-state index is 0.113. The van der Waals surface area contributed by atoms with E-state index in [1.807, 2.05) is 24.3 Å². The van der Waals surface area contributed by atoms with Gasteiger partial charge >= 0.3 is 0 Å². The van der Waals surface area contributed by atoms with Gasteiger partial charge in [-0.3, -0.25) is 0 Å². The first-order valence-corrected chi connectivity index (χ1v) is 8.80. The van der Waals surface area contributed by atoms with Crippen LogP contribution in [0.4, 0.5) is 0 Å². The van der Waals surface area contributed by atoms with E-state index in [1.54, 1.807) is 0 Å². The second kappa shape index (κ2) is 6.01. The van der Waals surface area contributed by atoms with E-state index in [2.05, 4.69) is 44.2 Å². The summed E-state index contributed by atoms with van der Waals surface area (Å²) in [6.07, 6.45) is 5.58. The predicted octanol–water partition coefficient (Wildman–Crippen LogP) is 5.32. The van der Waals surface area contributed by atoms with Crippen LogP contribution in [0.5, 0.6) is 11.5 Å². The second-order valence-corrected chi connectivity index (χ2v) is 7.18. The molecule has 2 aromatic carbocycles. The normalized spacial score (nSPS) is 25.1. The molecule has 0 saturated carbocycles. The zero-order valence-electron chi connectivity index (χ0n) is 14.4. The van der Waals surface area contributed by atoms with Crippen molar-refractivity contribution in [2.75, 3.05) is 0 Å². The largest absolute Gasteiger partial charge is 0.485 e. The average Bonchev–Trinajstić information content (AvgIpc) is 2.59. The Balaban J connectivity index is 1.61. The lowest BCUT2D eigenvalue weighted by molar-refractivity contribution is 0.00883. The van der Waals surface area contributed by atoms with Gasteiger partial charge in [-0.25, -0.2) is 0 Å². The summed E-state index contributed by atoms with van der Waals surface area (Å²) in [7, 11) is 0. The number of ether oxygens (including phenoxy) is 2. The minimum Gasteiger partial charge on any atom is -0.485 e. The predicted molar refractivity (Wildman–Crippen MR) is 96.4 cm³/mol. The SMILES string of the molecule is CC1=CCC[C@]2(C)Oc3c(cccc3OCc3ccccc3)C[C@@H]12. The molecule has 2 aliphatic rings. The molecule has 1 aliphatic heterocycles. The fourth-order valence-corrected chi connectivity index (χ4v) is 4.02. The number of hydrogen-bond acceptors (Lipinski definition) is 2. The molecule has 0 amide bonds. The van der Waals surface area contributed by atoms with E-state index in [1.165, 1.54) is 16.7 Å². The van der Waals surface area contributed by atoms with Crippen molar-refractivity contribution in [1.29, 1.82) is 0 Å². The van der Waals surface area contributed by atoms with Gasteiger partial charge in [0.05, 0.1) is 0 Å². The highest BCUT2D eigenvalue weighted by atomic mass is 16.5. The maximum Gasteiger partial charge on any atom is 0.165 e. The molecule has 2 nitrogen and oxygen atoms in total. The summed E-state index contributed by atoms with van der Waals surface area (Å²) >= 11 is 0. The molecule has 0 aromatic heterocycles. The molecule has 1 heterocycles. The van der Waals surface area contributed by atoms with Gasteiger partial charge in [0, 0.05) is 5.92 Å². The summed E-state index contributed by atoms with van der Waals surface area (Å²) in [5.41, 5.74) is 3.78. The van der Waals surface area contributed by atoms with Crippen molar-refractivity contribution in [3.05, 3.63) is 71.3 Å². The van der Waals surface area contributed by atoms with E-state index in [4.69, 9.17) is 9.47 Å². The van der Waals surface area contributed by atoms with Gasteiger partial charge in [-0.05, 0) is 50.3 Å². The van der Waals surface area contributed by atoms with Gasteiger partial charge < -0.3 is 9.47 Å². The number of fused-ring (bicyclic) bond motifs is 2. The topological polar surface area (TPSA) is 18.5 Å². The molecular weight excluding hydrogens is 296 g/mol. The van der Waals surface area contributed by atoms with Gasteiger partial charge in [-0.2, -0.15) is 0 Å². The van der Waals surface area contributed by atoms with E-state index < -0.39 is 0 Å². The molecule has 0 saturated heterocycles. The Hall–Kier alpha value is -2.22. The lowest BCUT2D eigenvalue weighted by Gasteiger charge is -2.45. The third-order valence-corrected chi connectivity index (χ3v) is 5.45. The molecule has 0 radical (unpaired) electrons. The summed E-state index contributed by atoms with van der Waals surface area (Å²) in [6.45, 7) is 5.07. The van der Waals surface area contributed by atoms with Crippen LogP contribution in [-0.2, 0) is 13.0 Å². The summed E-state index contributed by atoms with van der Waals surface area (Å²) in [5.74, 6) is 2.29.